The molecular weight excluding hydrogens is 310 g/mol. The lowest BCUT2D eigenvalue weighted by Crippen LogP contribution is -2.30. The largest absolute Gasteiger partial charge is 0.483 e. The molecule has 4 heteroatoms. The zero-order valence-corrected chi connectivity index (χ0v) is 14.5. The first kappa shape index (κ1) is 17.4. The molecule has 0 unspecified atom stereocenters. The number of nitrogens with one attached hydrogen (secondary N) is 1. The van der Waals surface area contributed by atoms with Crippen LogP contribution in [0.3, 0.4) is 0 Å². The molecule has 0 aromatic heterocycles. The Morgan fingerprint density at radius 1 is 1.13 bits per heavy atom. The predicted molar refractivity (Wildman–Crippen MR) is 94.3 cm³/mol. The molecule has 0 aliphatic rings. The Labute approximate surface area is 142 Å². The van der Waals surface area contributed by atoms with Crippen LogP contribution in [0.2, 0.25) is 5.02 Å². The molecule has 3 nitrogen and oxygen atoms in total. The Bertz CT molecular complexity index is 675. The van der Waals surface area contributed by atoms with Gasteiger partial charge in [-0.3, -0.25) is 4.79 Å². The number of benzene rings is 2. The van der Waals surface area contributed by atoms with E-state index in [9.17, 15) is 4.79 Å². The number of hydrogen-bond acceptors (Lipinski definition) is 2. The summed E-state index contributed by atoms with van der Waals surface area (Å²) in [5.41, 5.74) is 4.39. The Morgan fingerprint density at radius 2 is 1.83 bits per heavy atom. The van der Waals surface area contributed by atoms with Crippen LogP contribution in [0, 0.1) is 20.8 Å². The van der Waals surface area contributed by atoms with Gasteiger partial charge in [0.2, 0.25) is 0 Å². The topological polar surface area (TPSA) is 38.3 Å². The molecule has 2 aromatic carbocycles. The average molecular weight is 332 g/mol. The number of carbonyl (C=O) groups is 1. The van der Waals surface area contributed by atoms with Gasteiger partial charge in [-0.1, -0.05) is 41.4 Å². The van der Waals surface area contributed by atoms with Gasteiger partial charge in [-0.2, -0.15) is 0 Å². The number of ether oxygens (including phenoxy) is 1. The molecule has 0 fully saturated rings. The van der Waals surface area contributed by atoms with Crippen molar-refractivity contribution in [3.63, 3.8) is 0 Å². The quantitative estimate of drug-likeness (QED) is 0.868. The smallest absolute Gasteiger partial charge is 0.257 e. The van der Waals surface area contributed by atoms with Crippen molar-refractivity contribution in [2.24, 2.45) is 0 Å². The third kappa shape index (κ3) is 5.29. The monoisotopic (exact) mass is 331 g/mol. The molecule has 0 aliphatic carbocycles. The molecule has 0 heterocycles. The van der Waals surface area contributed by atoms with Crippen molar-refractivity contribution in [3.05, 3.63) is 63.7 Å². The number of rotatable bonds is 6. The molecule has 1 N–H and O–H groups in total. The van der Waals surface area contributed by atoms with Crippen LogP contribution < -0.4 is 10.1 Å². The van der Waals surface area contributed by atoms with Gasteiger partial charge in [-0.25, -0.2) is 0 Å². The molecule has 1 amide bonds. The van der Waals surface area contributed by atoms with Crippen LogP contribution in [-0.2, 0) is 11.2 Å². The van der Waals surface area contributed by atoms with Gasteiger partial charge in [0.1, 0.15) is 5.75 Å². The van der Waals surface area contributed by atoms with E-state index in [1.54, 1.807) is 0 Å². The van der Waals surface area contributed by atoms with Gasteiger partial charge in [-0.15, -0.1) is 0 Å². The van der Waals surface area contributed by atoms with Crippen molar-refractivity contribution in [1.29, 1.82) is 0 Å². The fourth-order valence-corrected chi connectivity index (χ4v) is 2.83. The highest BCUT2D eigenvalue weighted by Gasteiger charge is 2.08. The van der Waals surface area contributed by atoms with E-state index in [-0.39, 0.29) is 12.5 Å². The molecule has 0 aliphatic heterocycles. The van der Waals surface area contributed by atoms with E-state index in [1.165, 1.54) is 5.56 Å². The van der Waals surface area contributed by atoms with Crippen LogP contribution >= 0.6 is 11.6 Å². The zero-order chi connectivity index (χ0) is 16.8. The highest BCUT2D eigenvalue weighted by Crippen LogP contribution is 2.24. The standard InChI is InChI=1S/C19H22ClNO2/c1-13-9-14(2)19(15(3)10-13)23-12-18(22)21-8-7-16-5-4-6-17(20)11-16/h4-6,9-11H,7-8,12H2,1-3H3,(H,21,22). The summed E-state index contributed by atoms with van der Waals surface area (Å²) in [6.07, 6.45) is 0.745. The van der Waals surface area contributed by atoms with Gasteiger partial charge < -0.3 is 10.1 Å². The summed E-state index contributed by atoms with van der Waals surface area (Å²) in [5, 5.41) is 3.57. The van der Waals surface area contributed by atoms with E-state index >= 15 is 0 Å². The van der Waals surface area contributed by atoms with E-state index in [1.807, 2.05) is 45.0 Å². The van der Waals surface area contributed by atoms with Crippen LogP contribution in [0.25, 0.3) is 0 Å². The molecule has 2 rings (SSSR count). The molecule has 0 saturated heterocycles. The third-order valence-corrected chi connectivity index (χ3v) is 3.81. The second kappa shape index (κ2) is 8.02. The summed E-state index contributed by atoms with van der Waals surface area (Å²) in [6, 6.07) is 11.8. The zero-order valence-electron chi connectivity index (χ0n) is 13.8. The highest BCUT2D eigenvalue weighted by molar-refractivity contribution is 6.30. The van der Waals surface area contributed by atoms with E-state index < -0.39 is 0 Å². The lowest BCUT2D eigenvalue weighted by molar-refractivity contribution is -0.123. The minimum Gasteiger partial charge on any atom is -0.483 e. The summed E-state index contributed by atoms with van der Waals surface area (Å²) in [7, 11) is 0. The molecule has 0 spiro atoms. The van der Waals surface area contributed by atoms with Crippen molar-refractivity contribution >= 4 is 17.5 Å². The van der Waals surface area contributed by atoms with Crippen LogP contribution in [0.5, 0.6) is 5.75 Å². The number of carbonyl (C=O) groups excluding carboxylic acids is 1. The Kier molecular flexibility index (Phi) is 6.05. The Balaban J connectivity index is 1.79. The molecular formula is C19H22ClNO2. The Hall–Kier alpha value is -2.00. The first-order valence-corrected chi connectivity index (χ1v) is 8.05. The van der Waals surface area contributed by atoms with Crippen molar-refractivity contribution in [1.82, 2.24) is 5.32 Å². The van der Waals surface area contributed by atoms with Crippen LogP contribution in [0.15, 0.2) is 36.4 Å². The van der Waals surface area contributed by atoms with E-state index in [4.69, 9.17) is 16.3 Å². The van der Waals surface area contributed by atoms with Gasteiger partial charge in [0.15, 0.2) is 6.61 Å². The summed E-state index contributed by atoms with van der Waals surface area (Å²) < 4.78 is 5.67. The van der Waals surface area contributed by atoms with Gasteiger partial charge in [0.25, 0.3) is 5.91 Å². The van der Waals surface area contributed by atoms with Crippen molar-refractivity contribution in [2.45, 2.75) is 27.2 Å². The normalized spacial score (nSPS) is 10.4. The summed E-state index contributed by atoms with van der Waals surface area (Å²) in [4.78, 5) is 11.9. The molecule has 0 atom stereocenters. The lowest BCUT2D eigenvalue weighted by Gasteiger charge is -2.13. The molecule has 0 saturated carbocycles. The number of halogens is 1. The second-order valence-corrected chi connectivity index (χ2v) is 6.18. The van der Waals surface area contributed by atoms with Crippen LogP contribution in [0.1, 0.15) is 22.3 Å². The summed E-state index contributed by atoms with van der Waals surface area (Å²) in [6.45, 7) is 6.62. The SMILES string of the molecule is Cc1cc(C)c(OCC(=O)NCCc2cccc(Cl)c2)c(C)c1. The van der Waals surface area contributed by atoms with E-state index in [2.05, 4.69) is 17.4 Å². The molecule has 122 valence electrons. The van der Waals surface area contributed by atoms with Gasteiger partial charge in [0, 0.05) is 11.6 Å². The average Bonchev–Trinajstić information content (AvgIpc) is 2.46. The Morgan fingerprint density at radius 3 is 2.48 bits per heavy atom. The highest BCUT2D eigenvalue weighted by atomic mass is 35.5. The summed E-state index contributed by atoms with van der Waals surface area (Å²) in [5.74, 6) is 0.673. The molecule has 0 radical (unpaired) electrons. The first-order valence-electron chi connectivity index (χ1n) is 7.67. The lowest BCUT2D eigenvalue weighted by atomic mass is 10.1. The van der Waals surface area contributed by atoms with E-state index in [0.717, 1.165) is 28.9 Å². The molecule has 23 heavy (non-hydrogen) atoms. The summed E-state index contributed by atoms with van der Waals surface area (Å²) >= 11 is 5.94. The van der Waals surface area contributed by atoms with Crippen molar-refractivity contribution in [3.8, 4) is 5.75 Å². The minimum absolute atomic E-state index is 0.0281. The number of hydrogen-bond donors (Lipinski definition) is 1. The fourth-order valence-electron chi connectivity index (χ4n) is 2.62. The van der Waals surface area contributed by atoms with Crippen molar-refractivity contribution < 1.29 is 9.53 Å². The minimum atomic E-state index is -0.119. The maximum Gasteiger partial charge on any atom is 0.257 e. The first-order chi connectivity index (χ1) is 11.0. The van der Waals surface area contributed by atoms with Crippen molar-refractivity contribution in [2.75, 3.05) is 13.2 Å². The fraction of sp³-hybridized carbons (Fsp3) is 0.316. The molecule has 2 aromatic rings. The maximum atomic E-state index is 11.9. The van der Waals surface area contributed by atoms with Crippen LogP contribution in [-0.4, -0.2) is 19.1 Å². The van der Waals surface area contributed by atoms with E-state index in [0.29, 0.717) is 11.6 Å². The van der Waals surface area contributed by atoms with Crippen LogP contribution in [0.4, 0.5) is 0 Å². The molecule has 0 bridgehead atoms. The second-order valence-electron chi connectivity index (χ2n) is 5.75. The predicted octanol–water partition coefficient (Wildman–Crippen LogP) is 4.00. The third-order valence-electron chi connectivity index (χ3n) is 3.58. The number of aryl methyl sites for hydroxylation is 3. The maximum absolute atomic E-state index is 11.9. The van der Waals surface area contributed by atoms with Gasteiger partial charge in [0.05, 0.1) is 0 Å². The number of amides is 1. The van der Waals surface area contributed by atoms with Gasteiger partial charge in [-0.05, 0) is 56.0 Å². The van der Waals surface area contributed by atoms with Gasteiger partial charge >= 0.3 is 0 Å².